The molecule has 4 rings (SSSR count). The summed E-state index contributed by atoms with van der Waals surface area (Å²) in [5, 5.41) is 0.659. The molecule has 0 saturated carbocycles. The van der Waals surface area contributed by atoms with Crippen LogP contribution in [0.15, 0.2) is 78.9 Å². The third-order valence-electron chi connectivity index (χ3n) is 4.43. The summed E-state index contributed by atoms with van der Waals surface area (Å²) >= 11 is 6.01. The summed E-state index contributed by atoms with van der Waals surface area (Å²) in [7, 11) is 0. The number of rotatable bonds is 2. The van der Waals surface area contributed by atoms with Gasteiger partial charge in [-0.1, -0.05) is 48.0 Å². The van der Waals surface area contributed by atoms with Crippen molar-refractivity contribution in [2.75, 3.05) is 16.5 Å². The van der Waals surface area contributed by atoms with Gasteiger partial charge in [0, 0.05) is 28.5 Å². The summed E-state index contributed by atoms with van der Waals surface area (Å²) in [4.78, 5) is 17.2. The Morgan fingerprint density at radius 1 is 0.760 bits per heavy atom. The highest BCUT2D eigenvalue weighted by Crippen LogP contribution is 2.28. The summed E-state index contributed by atoms with van der Waals surface area (Å²) in [6.45, 7) is 1.18. The lowest BCUT2D eigenvalue weighted by Crippen LogP contribution is -2.38. The van der Waals surface area contributed by atoms with E-state index in [9.17, 15) is 4.79 Å². The van der Waals surface area contributed by atoms with E-state index < -0.39 is 0 Å². The van der Waals surface area contributed by atoms with Crippen molar-refractivity contribution in [1.29, 1.82) is 0 Å². The molecule has 0 radical (unpaired) electrons. The van der Waals surface area contributed by atoms with Gasteiger partial charge in [0.15, 0.2) is 0 Å². The zero-order valence-corrected chi connectivity index (χ0v) is 14.4. The molecule has 0 bridgehead atoms. The van der Waals surface area contributed by atoms with Gasteiger partial charge in [-0.25, -0.2) is 0 Å². The Bertz CT molecular complexity index is 893. The Labute approximate surface area is 152 Å². The van der Waals surface area contributed by atoms with Gasteiger partial charge in [-0.2, -0.15) is 0 Å². The number of hydrogen-bond donors (Lipinski definition) is 0. The fourth-order valence-corrected chi connectivity index (χ4v) is 3.26. The fourth-order valence-electron chi connectivity index (χ4n) is 3.13. The summed E-state index contributed by atoms with van der Waals surface area (Å²) in [5.41, 5.74) is 3.71. The van der Waals surface area contributed by atoms with Crippen LogP contribution in [-0.2, 0) is 6.54 Å². The van der Waals surface area contributed by atoms with Gasteiger partial charge in [-0.3, -0.25) is 9.69 Å². The molecule has 3 aromatic carbocycles. The van der Waals surface area contributed by atoms with E-state index in [0.29, 0.717) is 18.2 Å². The zero-order valence-electron chi connectivity index (χ0n) is 13.6. The first-order chi connectivity index (χ1) is 12.2. The SMILES string of the molecule is O=C1c2ccccc2CN(c2ccccc2)CN1c1ccc(Cl)cc1. The Hall–Kier alpha value is -2.78. The second-order valence-electron chi connectivity index (χ2n) is 6.04. The molecule has 0 aromatic heterocycles. The molecule has 25 heavy (non-hydrogen) atoms. The molecule has 3 nitrogen and oxygen atoms in total. The monoisotopic (exact) mass is 348 g/mol. The molecule has 1 heterocycles. The van der Waals surface area contributed by atoms with Crippen LogP contribution in [0.3, 0.4) is 0 Å². The first kappa shape index (κ1) is 15.7. The topological polar surface area (TPSA) is 23.6 Å². The Morgan fingerprint density at radius 2 is 1.44 bits per heavy atom. The number of nitrogens with zero attached hydrogens (tertiary/aromatic N) is 2. The van der Waals surface area contributed by atoms with Crippen LogP contribution in [0.2, 0.25) is 5.02 Å². The lowest BCUT2D eigenvalue weighted by atomic mass is 10.1. The molecule has 0 aliphatic carbocycles. The number of carbonyl (C=O) groups excluding carboxylic acids is 1. The zero-order chi connectivity index (χ0) is 17.2. The van der Waals surface area contributed by atoms with Gasteiger partial charge < -0.3 is 4.90 Å². The molecule has 0 N–H and O–H groups in total. The molecule has 1 aliphatic rings. The van der Waals surface area contributed by atoms with E-state index in [2.05, 4.69) is 17.0 Å². The molecule has 0 saturated heterocycles. The van der Waals surface area contributed by atoms with Crippen LogP contribution in [0, 0.1) is 0 Å². The predicted molar refractivity (Wildman–Crippen MR) is 102 cm³/mol. The van der Waals surface area contributed by atoms with Gasteiger partial charge in [-0.15, -0.1) is 0 Å². The molecule has 3 aromatic rings. The molecular formula is C21H17ClN2O. The van der Waals surface area contributed by atoms with Gasteiger partial charge in [0.1, 0.15) is 0 Å². The van der Waals surface area contributed by atoms with Crippen LogP contribution in [0.25, 0.3) is 0 Å². The minimum absolute atomic E-state index is 0.0105. The number of para-hydroxylation sites is 1. The maximum absolute atomic E-state index is 13.2. The molecule has 124 valence electrons. The molecule has 0 fully saturated rings. The highest BCUT2D eigenvalue weighted by molar-refractivity contribution is 6.30. The molecule has 1 aliphatic heterocycles. The lowest BCUT2D eigenvalue weighted by molar-refractivity contribution is 0.0988. The number of hydrogen-bond acceptors (Lipinski definition) is 2. The number of amides is 1. The second-order valence-corrected chi connectivity index (χ2v) is 6.48. The minimum atomic E-state index is 0.0105. The van der Waals surface area contributed by atoms with Crippen molar-refractivity contribution in [1.82, 2.24) is 0 Å². The third-order valence-corrected chi connectivity index (χ3v) is 4.68. The summed E-state index contributed by atoms with van der Waals surface area (Å²) in [6, 6.07) is 25.4. The third kappa shape index (κ3) is 3.11. The summed E-state index contributed by atoms with van der Waals surface area (Å²) in [5.74, 6) is 0.0105. The average molecular weight is 349 g/mol. The number of anilines is 2. The van der Waals surface area contributed by atoms with E-state index in [-0.39, 0.29) is 5.91 Å². The maximum Gasteiger partial charge on any atom is 0.260 e. The van der Waals surface area contributed by atoms with Gasteiger partial charge in [0.25, 0.3) is 5.91 Å². The predicted octanol–water partition coefficient (Wildman–Crippen LogP) is 4.96. The molecular weight excluding hydrogens is 332 g/mol. The number of benzene rings is 3. The second kappa shape index (κ2) is 6.61. The van der Waals surface area contributed by atoms with Crippen molar-refractivity contribution >= 4 is 28.9 Å². The quantitative estimate of drug-likeness (QED) is 0.653. The van der Waals surface area contributed by atoms with Crippen molar-refractivity contribution in [2.24, 2.45) is 0 Å². The minimum Gasteiger partial charge on any atom is -0.349 e. The standard InChI is InChI=1S/C21H17ClN2O/c22-17-10-12-19(13-11-17)24-15-23(18-7-2-1-3-8-18)14-16-6-4-5-9-20(16)21(24)25/h1-13H,14-15H2. The first-order valence-electron chi connectivity index (χ1n) is 8.18. The van der Waals surface area contributed by atoms with E-state index in [1.54, 1.807) is 4.90 Å². The number of carbonyl (C=O) groups is 1. The largest absolute Gasteiger partial charge is 0.349 e. The van der Waals surface area contributed by atoms with E-state index >= 15 is 0 Å². The van der Waals surface area contributed by atoms with Crippen molar-refractivity contribution in [3.63, 3.8) is 0 Å². The van der Waals surface area contributed by atoms with Crippen molar-refractivity contribution < 1.29 is 4.79 Å². The molecule has 0 unspecified atom stereocenters. The van der Waals surface area contributed by atoms with Crippen LogP contribution in [0.4, 0.5) is 11.4 Å². The van der Waals surface area contributed by atoms with E-state index in [1.807, 2.05) is 66.7 Å². The van der Waals surface area contributed by atoms with E-state index in [1.165, 1.54) is 0 Å². The maximum atomic E-state index is 13.2. The van der Waals surface area contributed by atoms with Crippen molar-refractivity contribution in [3.05, 3.63) is 95.0 Å². The highest BCUT2D eigenvalue weighted by atomic mass is 35.5. The Kier molecular flexibility index (Phi) is 4.16. The molecule has 4 heteroatoms. The Balaban J connectivity index is 1.80. The number of fused-ring (bicyclic) bond motifs is 1. The van der Waals surface area contributed by atoms with Crippen LogP contribution in [0.1, 0.15) is 15.9 Å². The lowest BCUT2D eigenvalue weighted by Gasteiger charge is -2.29. The van der Waals surface area contributed by atoms with E-state index in [4.69, 9.17) is 11.6 Å². The van der Waals surface area contributed by atoms with Crippen LogP contribution in [-0.4, -0.2) is 12.6 Å². The van der Waals surface area contributed by atoms with Gasteiger partial charge in [-0.05, 0) is 48.0 Å². The van der Waals surface area contributed by atoms with Gasteiger partial charge in [0.2, 0.25) is 0 Å². The molecule has 0 spiro atoms. The van der Waals surface area contributed by atoms with Crippen molar-refractivity contribution in [2.45, 2.75) is 6.54 Å². The summed E-state index contributed by atoms with van der Waals surface area (Å²) in [6.07, 6.45) is 0. The van der Waals surface area contributed by atoms with Crippen molar-refractivity contribution in [3.8, 4) is 0 Å². The summed E-state index contributed by atoms with van der Waals surface area (Å²) < 4.78 is 0. The molecule has 0 atom stereocenters. The molecule has 1 amide bonds. The highest BCUT2D eigenvalue weighted by Gasteiger charge is 2.27. The Morgan fingerprint density at radius 3 is 2.20 bits per heavy atom. The first-order valence-corrected chi connectivity index (χ1v) is 8.55. The van der Waals surface area contributed by atoms with Crippen LogP contribution in [0.5, 0.6) is 0 Å². The van der Waals surface area contributed by atoms with Crippen LogP contribution >= 0.6 is 11.6 Å². The number of halogens is 1. The van der Waals surface area contributed by atoms with Gasteiger partial charge in [0.05, 0.1) is 6.67 Å². The average Bonchev–Trinajstić information content (AvgIpc) is 2.80. The van der Waals surface area contributed by atoms with Crippen LogP contribution < -0.4 is 9.80 Å². The fraction of sp³-hybridized carbons (Fsp3) is 0.0952. The normalized spacial score (nSPS) is 14.2. The van der Waals surface area contributed by atoms with E-state index in [0.717, 1.165) is 22.5 Å². The van der Waals surface area contributed by atoms with Gasteiger partial charge >= 0.3 is 0 Å². The smallest absolute Gasteiger partial charge is 0.260 e.